The van der Waals surface area contributed by atoms with Gasteiger partial charge in [-0.1, -0.05) is 0 Å². The molecule has 3 aliphatic carbocycles. The number of phenolic OH excluding ortho intramolecular Hbond substituents is 1. The van der Waals surface area contributed by atoms with Gasteiger partial charge in [0, 0.05) is 17.6 Å². The summed E-state index contributed by atoms with van der Waals surface area (Å²) in [6.07, 6.45) is 0.411. The normalized spacial score (nSPS) is 26.0. The molecule has 5 N–H and O–H groups in total. The molecule has 1 aromatic rings. The van der Waals surface area contributed by atoms with Crippen LogP contribution in [0.15, 0.2) is 29.0 Å². The number of benzene rings is 1. The van der Waals surface area contributed by atoms with Gasteiger partial charge in [-0.15, -0.1) is 0 Å². The number of nitrogens with two attached hydrogens (primary N) is 1. The molecule has 0 aromatic heterocycles. The van der Waals surface area contributed by atoms with Gasteiger partial charge >= 0.3 is 0 Å². The molecule has 1 aromatic carbocycles. The van der Waals surface area contributed by atoms with E-state index >= 15 is 0 Å². The Morgan fingerprint density at radius 3 is 2.41 bits per heavy atom. The lowest BCUT2D eigenvalue weighted by Gasteiger charge is -2.41. The standard InChI is InChI=1S/C21H19NO7/c1-7(23)10-2-3-12(24)16-11(10)5-8-4-9-6-13(25)17(21(22)29)20(28)15(9)18(26)14(8)19(16)27/h2-3,8-9,15,24,27-28H,4-6H2,1H3,(H2,22,29). The smallest absolute Gasteiger partial charge is 0.255 e. The van der Waals surface area contributed by atoms with E-state index in [-0.39, 0.29) is 35.5 Å². The summed E-state index contributed by atoms with van der Waals surface area (Å²) in [5, 5.41) is 31.6. The van der Waals surface area contributed by atoms with Crippen molar-refractivity contribution in [2.75, 3.05) is 0 Å². The summed E-state index contributed by atoms with van der Waals surface area (Å²) in [6, 6.07) is 2.75. The number of ketones is 3. The lowest BCUT2D eigenvalue weighted by molar-refractivity contribution is -0.127. The average molecular weight is 397 g/mol. The molecular weight excluding hydrogens is 378 g/mol. The molecular formula is C21H19NO7. The highest BCUT2D eigenvalue weighted by molar-refractivity contribution is 6.21. The first kappa shape index (κ1) is 18.9. The third kappa shape index (κ3) is 2.59. The van der Waals surface area contributed by atoms with Crippen LogP contribution in [0, 0.1) is 17.8 Å². The quantitative estimate of drug-likeness (QED) is 0.435. The summed E-state index contributed by atoms with van der Waals surface area (Å²) in [5.74, 6) is -6.09. The van der Waals surface area contributed by atoms with Crippen molar-refractivity contribution < 1.29 is 34.5 Å². The van der Waals surface area contributed by atoms with E-state index in [0.717, 1.165) is 0 Å². The Kier molecular flexibility index (Phi) is 4.11. The lowest BCUT2D eigenvalue weighted by Crippen LogP contribution is -2.44. The topological polar surface area (TPSA) is 155 Å². The molecule has 1 saturated carbocycles. The van der Waals surface area contributed by atoms with Crippen molar-refractivity contribution in [3.63, 3.8) is 0 Å². The minimum Gasteiger partial charge on any atom is -0.511 e. The second-order valence-corrected chi connectivity index (χ2v) is 7.79. The summed E-state index contributed by atoms with van der Waals surface area (Å²) in [5.41, 5.74) is 5.47. The maximum absolute atomic E-state index is 13.2. The number of amides is 1. The fourth-order valence-corrected chi connectivity index (χ4v) is 4.97. The zero-order valence-electron chi connectivity index (χ0n) is 15.6. The van der Waals surface area contributed by atoms with Crippen LogP contribution in [0.3, 0.4) is 0 Å². The molecule has 3 unspecified atom stereocenters. The zero-order chi connectivity index (χ0) is 21.2. The molecule has 8 nitrogen and oxygen atoms in total. The van der Waals surface area contributed by atoms with Gasteiger partial charge in [0.2, 0.25) is 0 Å². The lowest BCUT2D eigenvalue weighted by atomic mass is 9.61. The van der Waals surface area contributed by atoms with Crippen molar-refractivity contribution in [2.45, 2.75) is 26.2 Å². The van der Waals surface area contributed by atoms with Crippen molar-refractivity contribution in [1.82, 2.24) is 0 Å². The summed E-state index contributed by atoms with van der Waals surface area (Å²) < 4.78 is 0. The minimum atomic E-state index is -1.15. The molecule has 0 radical (unpaired) electrons. The average Bonchev–Trinajstić information content (AvgIpc) is 2.60. The van der Waals surface area contributed by atoms with E-state index in [9.17, 15) is 34.5 Å². The number of carbonyl (C=O) groups excluding carboxylic acids is 4. The highest BCUT2D eigenvalue weighted by Gasteiger charge is 2.51. The van der Waals surface area contributed by atoms with Crippen LogP contribution in [-0.2, 0) is 20.8 Å². The molecule has 0 spiro atoms. The number of phenols is 1. The van der Waals surface area contributed by atoms with Gasteiger partial charge in [-0.05, 0) is 49.3 Å². The fourth-order valence-electron chi connectivity index (χ4n) is 4.97. The Morgan fingerprint density at radius 2 is 1.79 bits per heavy atom. The number of rotatable bonds is 2. The molecule has 0 bridgehead atoms. The van der Waals surface area contributed by atoms with Gasteiger partial charge in [-0.25, -0.2) is 0 Å². The predicted molar refractivity (Wildman–Crippen MR) is 99.9 cm³/mol. The Bertz CT molecular complexity index is 1080. The van der Waals surface area contributed by atoms with Crippen LogP contribution in [0.2, 0.25) is 0 Å². The Labute approximate surface area is 165 Å². The van der Waals surface area contributed by atoms with E-state index in [4.69, 9.17) is 5.73 Å². The van der Waals surface area contributed by atoms with Crippen molar-refractivity contribution in [3.8, 4) is 5.75 Å². The first-order valence-electron chi connectivity index (χ1n) is 9.23. The maximum Gasteiger partial charge on any atom is 0.255 e. The monoisotopic (exact) mass is 397 g/mol. The maximum atomic E-state index is 13.2. The van der Waals surface area contributed by atoms with E-state index in [1.807, 2.05) is 0 Å². The van der Waals surface area contributed by atoms with Gasteiger partial charge in [-0.3, -0.25) is 19.2 Å². The number of aromatic hydroxyl groups is 1. The molecule has 0 heterocycles. The summed E-state index contributed by atoms with van der Waals surface area (Å²) in [6.45, 7) is 1.37. The van der Waals surface area contributed by atoms with Crippen LogP contribution in [0.5, 0.6) is 5.75 Å². The first-order valence-corrected chi connectivity index (χ1v) is 9.23. The number of allylic oxidation sites excluding steroid dienone is 2. The van der Waals surface area contributed by atoms with Crippen LogP contribution < -0.4 is 5.73 Å². The molecule has 3 atom stereocenters. The van der Waals surface area contributed by atoms with Gasteiger partial charge in [0.15, 0.2) is 17.3 Å². The van der Waals surface area contributed by atoms with E-state index in [1.54, 1.807) is 0 Å². The van der Waals surface area contributed by atoms with Crippen molar-refractivity contribution >= 4 is 29.0 Å². The molecule has 0 aliphatic heterocycles. The molecule has 4 rings (SSSR count). The molecule has 29 heavy (non-hydrogen) atoms. The van der Waals surface area contributed by atoms with Crippen LogP contribution in [0.25, 0.3) is 5.76 Å². The first-order chi connectivity index (χ1) is 13.6. The summed E-state index contributed by atoms with van der Waals surface area (Å²) in [7, 11) is 0. The van der Waals surface area contributed by atoms with Crippen molar-refractivity contribution in [2.24, 2.45) is 23.5 Å². The molecule has 1 amide bonds. The number of aliphatic hydroxyl groups is 2. The van der Waals surface area contributed by atoms with Gasteiger partial charge in [-0.2, -0.15) is 0 Å². The molecule has 1 fully saturated rings. The number of carbonyl (C=O) groups is 4. The third-order valence-corrected chi connectivity index (χ3v) is 6.15. The SMILES string of the molecule is CC(=O)c1ccc(O)c2c1CC1CC3CC(=O)C(C(N)=O)=C(O)C3C(=O)C1=C2O. The minimum absolute atomic E-state index is 0.0273. The number of primary amides is 1. The summed E-state index contributed by atoms with van der Waals surface area (Å²) in [4.78, 5) is 49.0. The van der Waals surface area contributed by atoms with Crippen LogP contribution in [-0.4, -0.2) is 38.6 Å². The Hall–Kier alpha value is -3.42. The number of Topliss-reactive ketones (excluding diaryl/α,β-unsaturated/α-hetero) is 3. The predicted octanol–water partition coefficient (Wildman–Crippen LogP) is 1.51. The summed E-state index contributed by atoms with van der Waals surface area (Å²) >= 11 is 0. The van der Waals surface area contributed by atoms with E-state index in [2.05, 4.69) is 0 Å². The second kappa shape index (κ2) is 6.30. The third-order valence-electron chi connectivity index (χ3n) is 6.15. The van der Waals surface area contributed by atoms with E-state index in [0.29, 0.717) is 17.5 Å². The van der Waals surface area contributed by atoms with Gasteiger partial charge in [0.1, 0.15) is 22.8 Å². The largest absolute Gasteiger partial charge is 0.511 e. The number of aliphatic hydroxyl groups excluding tert-OH is 2. The van der Waals surface area contributed by atoms with Gasteiger partial charge < -0.3 is 21.1 Å². The van der Waals surface area contributed by atoms with Gasteiger partial charge in [0.05, 0.1) is 11.5 Å². The van der Waals surface area contributed by atoms with Gasteiger partial charge in [0.25, 0.3) is 5.91 Å². The van der Waals surface area contributed by atoms with Crippen LogP contribution in [0.1, 0.15) is 41.3 Å². The molecule has 0 saturated heterocycles. The molecule has 3 aliphatic rings. The Balaban J connectivity index is 1.90. The van der Waals surface area contributed by atoms with Crippen LogP contribution in [0.4, 0.5) is 0 Å². The molecule has 8 heteroatoms. The van der Waals surface area contributed by atoms with Crippen molar-refractivity contribution in [1.29, 1.82) is 0 Å². The number of hydrogen-bond donors (Lipinski definition) is 4. The number of fused-ring (bicyclic) bond motifs is 3. The highest BCUT2D eigenvalue weighted by Crippen LogP contribution is 2.50. The second-order valence-electron chi connectivity index (χ2n) is 7.79. The van der Waals surface area contributed by atoms with Crippen molar-refractivity contribution in [3.05, 3.63) is 45.7 Å². The van der Waals surface area contributed by atoms with Crippen LogP contribution >= 0.6 is 0 Å². The van der Waals surface area contributed by atoms with E-state index in [1.165, 1.54) is 19.1 Å². The Morgan fingerprint density at radius 1 is 1.10 bits per heavy atom. The fraction of sp³-hybridized carbons (Fsp3) is 0.333. The molecule has 150 valence electrons. The van der Waals surface area contributed by atoms with E-state index < -0.39 is 52.3 Å². The highest BCUT2D eigenvalue weighted by atomic mass is 16.3. The number of hydrogen-bond acceptors (Lipinski definition) is 7. The zero-order valence-corrected chi connectivity index (χ0v) is 15.6.